The summed E-state index contributed by atoms with van der Waals surface area (Å²) < 4.78 is 13.1. The summed E-state index contributed by atoms with van der Waals surface area (Å²) in [4.78, 5) is 14.0. The van der Waals surface area contributed by atoms with Crippen LogP contribution in [0.2, 0.25) is 5.02 Å². The van der Waals surface area contributed by atoms with Gasteiger partial charge in [0, 0.05) is 12.1 Å². The van der Waals surface area contributed by atoms with Crippen molar-refractivity contribution in [1.29, 1.82) is 0 Å². The van der Waals surface area contributed by atoms with Crippen molar-refractivity contribution >= 4 is 17.5 Å². The number of amides is 1. The summed E-state index contributed by atoms with van der Waals surface area (Å²) in [7, 11) is 0. The highest BCUT2D eigenvalue weighted by Gasteiger charge is 2.38. The summed E-state index contributed by atoms with van der Waals surface area (Å²) >= 11 is 5.70. The fourth-order valence-corrected chi connectivity index (χ4v) is 2.72. The number of carbonyl (C=O) groups excluding carboxylic acids is 1. The predicted molar refractivity (Wildman–Crippen MR) is 71.8 cm³/mol. The molecule has 1 aromatic rings. The van der Waals surface area contributed by atoms with Gasteiger partial charge < -0.3 is 10.0 Å². The molecule has 1 fully saturated rings. The highest BCUT2D eigenvalue weighted by Crippen LogP contribution is 2.28. The quantitative estimate of drug-likeness (QED) is 0.908. The molecule has 1 N–H and O–H groups in total. The van der Waals surface area contributed by atoms with Crippen LogP contribution in [-0.4, -0.2) is 34.1 Å². The van der Waals surface area contributed by atoms with Crippen molar-refractivity contribution in [2.24, 2.45) is 0 Å². The molecule has 104 valence electrons. The van der Waals surface area contributed by atoms with Crippen LogP contribution in [-0.2, 0) is 0 Å². The van der Waals surface area contributed by atoms with Crippen LogP contribution < -0.4 is 0 Å². The molecule has 2 rings (SSSR count). The van der Waals surface area contributed by atoms with Gasteiger partial charge in [-0.1, -0.05) is 11.6 Å². The Morgan fingerprint density at radius 2 is 2.21 bits per heavy atom. The van der Waals surface area contributed by atoms with Crippen LogP contribution in [0.4, 0.5) is 4.39 Å². The fraction of sp³-hybridized carbons (Fsp3) is 0.500. The Morgan fingerprint density at radius 3 is 2.79 bits per heavy atom. The van der Waals surface area contributed by atoms with Gasteiger partial charge in [-0.25, -0.2) is 4.39 Å². The van der Waals surface area contributed by atoms with E-state index in [1.807, 2.05) is 0 Å². The molecule has 0 bridgehead atoms. The molecule has 3 nitrogen and oxygen atoms in total. The summed E-state index contributed by atoms with van der Waals surface area (Å²) in [6.45, 7) is 3.99. The van der Waals surface area contributed by atoms with Gasteiger partial charge in [0.25, 0.3) is 5.91 Å². The molecular weight excluding hydrogens is 269 g/mol. The second kappa shape index (κ2) is 5.10. The highest BCUT2D eigenvalue weighted by molar-refractivity contribution is 6.31. The molecule has 0 aromatic heterocycles. The van der Waals surface area contributed by atoms with Crippen LogP contribution in [0.1, 0.15) is 37.0 Å². The minimum absolute atomic E-state index is 0.0649. The average Bonchev–Trinajstić information content (AvgIpc) is 2.80. The zero-order chi connectivity index (χ0) is 14.2. The number of benzene rings is 1. The SMILES string of the molecule is CC(C)(O)[C@H]1CCCN1C(=O)c1ccc(F)c(Cl)c1. The summed E-state index contributed by atoms with van der Waals surface area (Å²) in [6.07, 6.45) is 1.62. The summed E-state index contributed by atoms with van der Waals surface area (Å²) in [5.74, 6) is -0.759. The van der Waals surface area contributed by atoms with E-state index in [-0.39, 0.29) is 17.0 Å². The van der Waals surface area contributed by atoms with Gasteiger partial charge >= 0.3 is 0 Å². The number of carbonyl (C=O) groups is 1. The van der Waals surface area contributed by atoms with Gasteiger partial charge in [0.2, 0.25) is 0 Å². The monoisotopic (exact) mass is 285 g/mol. The van der Waals surface area contributed by atoms with Crippen molar-refractivity contribution in [2.45, 2.75) is 38.3 Å². The van der Waals surface area contributed by atoms with Crippen molar-refractivity contribution in [3.63, 3.8) is 0 Å². The van der Waals surface area contributed by atoms with E-state index in [1.165, 1.54) is 18.2 Å². The maximum Gasteiger partial charge on any atom is 0.254 e. The molecule has 0 radical (unpaired) electrons. The normalized spacial score (nSPS) is 19.8. The van der Waals surface area contributed by atoms with Crippen LogP contribution in [0.3, 0.4) is 0 Å². The van der Waals surface area contributed by atoms with E-state index in [4.69, 9.17) is 11.6 Å². The molecule has 1 amide bonds. The van der Waals surface area contributed by atoms with E-state index in [0.717, 1.165) is 12.8 Å². The van der Waals surface area contributed by atoms with Crippen molar-refractivity contribution in [2.75, 3.05) is 6.54 Å². The summed E-state index contributed by atoms with van der Waals surface area (Å²) in [5, 5.41) is 10.0. The number of hydrogen-bond acceptors (Lipinski definition) is 2. The Bertz CT molecular complexity index is 499. The first-order valence-electron chi connectivity index (χ1n) is 6.29. The zero-order valence-electron chi connectivity index (χ0n) is 11.0. The lowest BCUT2D eigenvalue weighted by atomic mass is 9.96. The van der Waals surface area contributed by atoms with Gasteiger partial charge in [-0.2, -0.15) is 0 Å². The highest BCUT2D eigenvalue weighted by atomic mass is 35.5. The molecule has 1 atom stereocenters. The van der Waals surface area contributed by atoms with Gasteiger partial charge in [-0.3, -0.25) is 4.79 Å². The lowest BCUT2D eigenvalue weighted by molar-refractivity contribution is 0.000333. The maximum atomic E-state index is 13.1. The van der Waals surface area contributed by atoms with E-state index in [2.05, 4.69) is 0 Å². The lowest BCUT2D eigenvalue weighted by Crippen LogP contribution is -2.48. The number of halogens is 2. The number of likely N-dealkylation sites (tertiary alicyclic amines) is 1. The van der Waals surface area contributed by atoms with Crippen LogP contribution in [0, 0.1) is 5.82 Å². The third kappa shape index (κ3) is 2.90. The number of nitrogens with zero attached hydrogens (tertiary/aromatic N) is 1. The minimum atomic E-state index is -0.948. The van der Waals surface area contributed by atoms with Crippen LogP contribution in [0.5, 0.6) is 0 Å². The first-order valence-corrected chi connectivity index (χ1v) is 6.67. The third-order valence-corrected chi connectivity index (χ3v) is 3.79. The smallest absolute Gasteiger partial charge is 0.254 e. The zero-order valence-corrected chi connectivity index (χ0v) is 11.7. The topological polar surface area (TPSA) is 40.5 Å². The van der Waals surface area contributed by atoms with Gasteiger partial charge in [0.1, 0.15) is 5.82 Å². The standard InChI is InChI=1S/C14H17ClFNO2/c1-14(2,19)12-4-3-7-17(12)13(18)9-5-6-11(16)10(15)8-9/h5-6,8,12,19H,3-4,7H2,1-2H3/t12-/m1/s1. The Kier molecular flexibility index (Phi) is 3.83. The van der Waals surface area contributed by atoms with E-state index in [1.54, 1.807) is 18.7 Å². The van der Waals surface area contributed by atoms with Crippen LogP contribution in [0.25, 0.3) is 0 Å². The Morgan fingerprint density at radius 1 is 1.53 bits per heavy atom. The molecule has 19 heavy (non-hydrogen) atoms. The molecular formula is C14H17ClFNO2. The van der Waals surface area contributed by atoms with Crippen LogP contribution in [0.15, 0.2) is 18.2 Å². The molecule has 0 saturated carbocycles. The van der Waals surface area contributed by atoms with E-state index >= 15 is 0 Å². The Balaban J connectivity index is 2.26. The summed E-state index contributed by atoms with van der Waals surface area (Å²) in [6, 6.07) is 3.72. The van der Waals surface area contributed by atoms with Gasteiger partial charge in [0.05, 0.1) is 16.7 Å². The minimum Gasteiger partial charge on any atom is -0.388 e. The first-order chi connectivity index (χ1) is 8.80. The maximum absolute atomic E-state index is 13.1. The number of aliphatic hydroxyl groups is 1. The third-order valence-electron chi connectivity index (χ3n) is 3.50. The van der Waals surface area contributed by atoms with E-state index in [0.29, 0.717) is 12.1 Å². The molecule has 0 aliphatic carbocycles. The van der Waals surface area contributed by atoms with E-state index < -0.39 is 11.4 Å². The molecule has 5 heteroatoms. The van der Waals surface area contributed by atoms with Gasteiger partial charge in [0.15, 0.2) is 0 Å². The van der Waals surface area contributed by atoms with E-state index in [9.17, 15) is 14.3 Å². The van der Waals surface area contributed by atoms with Gasteiger partial charge in [-0.05, 0) is 44.9 Å². The summed E-state index contributed by atoms with van der Waals surface area (Å²) in [5.41, 5.74) is -0.599. The molecule has 1 heterocycles. The Labute approximate surface area is 117 Å². The second-order valence-corrected chi connectivity index (χ2v) is 5.85. The average molecular weight is 286 g/mol. The molecule has 0 unspecified atom stereocenters. The molecule has 1 aliphatic rings. The predicted octanol–water partition coefficient (Wildman–Crippen LogP) is 2.85. The molecule has 1 aromatic carbocycles. The number of hydrogen-bond donors (Lipinski definition) is 1. The molecule has 1 saturated heterocycles. The van der Waals surface area contributed by atoms with Crippen molar-refractivity contribution < 1.29 is 14.3 Å². The van der Waals surface area contributed by atoms with Crippen molar-refractivity contribution in [3.8, 4) is 0 Å². The lowest BCUT2D eigenvalue weighted by Gasteiger charge is -2.33. The first kappa shape index (κ1) is 14.3. The van der Waals surface area contributed by atoms with Crippen LogP contribution >= 0.6 is 11.6 Å². The number of rotatable bonds is 2. The second-order valence-electron chi connectivity index (χ2n) is 5.44. The largest absolute Gasteiger partial charge is 0.388 e. The van der Waals surface area contributed by atoms with Crippen molar-refractivity contribution in [1.82, 2.24) is 4.90 Å². The van der Waals surface area contributed by atoms with Crippen molar-refractivity contribution in [3.05, 3.63) is 34.6 Å². The molecule has 0 spiro atoms. The van der Waals surface area contributed by atoms with Gasteiger partial charge in [-0.15, -0.1) is 0 Å². The Hall–Kier alpha value is -1.13. The fourth-order valence-electron chi connectivity index (χ4n) is 2.54. The molecule has 1 aliphatic heterocycles.